The molecule has 3 aromatic rings. The van der Waals surface area contributed by atoms with Crippen LogP contribution in [-0.2, 0) is 17.8 Å². The summed E-state index contributed by atoms with van der Waals surface area (Å²) in [6.07, 6.45) is 0.331. The van der Waals surface area contributed by atoms with Gasteiger partial charge in [0, 0.05) is 17.9 Å². The van der Waals surface area contributed by atoms with Gasteiger partial charge in [0.2, 0.25) is 5.91 Å². The second kappa shape index (κ2) is 8.72. The minimum Gasteiger partial charge on any atom is -0.497 e. The molecule has 26 heavy (non-hydrogen) atoms. The van der Waals surface area contributed by atoms with Gasteiger partial charge in [0.15, 0.2) is 0 Å². The number of hydrogen-bond donors (Lipinski definition) is 2. The van der Waals surface area contributed by atoms with Gasteiger partial charge < -0.3 is 15.4 Å². The fourth-order valence-electron chi connectivity index (χ4n) is 2.61. The van der Waals surface area contributed by atoms with Crippen molar-refractivity contribution < 1.29 is 9.53 Å². The number of amides is 1. The quantitative estimate of drug-likeness (QED) is 0.663. The Balaban J connectivity index is 1.50. The van der Waals surface area contributed by atoms with Gasteiger partial charge in [0.1, 0.15) is 5.75 Å². The molecule has 2 N–H and O–H groups in total. The number of anilines is 2. The van der Waals surface area contributed by atoms with Gasteiger partial charge in [-0.15, -0.1) is 0 Å². The molecule has 0 unspecified atom stereocenters. The van der Waals surface area contributed by atoms with Crippen LogP contribution in [0.4, 0.5) is 11.4 Å². The van der Waals surface area contributed by atoms with Gasteiger partial charge in [-0.2, -0.15) is 0 Å². The minimum atomic E-state index is -0.0415. The van der Waals surface area contributed by atoms with Crippen molar-refractivity contribution >= 4 is 17.3 Å². The molecule has 0 aliphatic rings. The highest BCUT2D eigenvalue weighted by molar-refractivity contribution is 5.92. The van der Waals surface area contributed by atoms with E-state index in [2.05, 4.69) is 22.8 Å². The second-order valence-corrected chi connectivity index (χ2v) is 5.99. The first-order valence-electron chi connectivity index (χ1n) is 8.53. The summed E-state index contributed by atoms with van der Waals surface area (Å²) in [6, 6.07) is 25.5. The molecule has 0 aliphatic heterocycles. The van der Waals surface area contributed by atoms with Crippen molar-refractivity contribution in [3.05, 3.63) is 90.0 Å². The number of nitrogens with one attached hydrogen (secondary N) is 2. The third-order valence-corrected chi connectivity index (χ3v) is 4.03. The molecule has 0 radical (unpaired) electrons. The SMILES string of the molecule is COc1ccc(CC(=O)Nc2ccc(NCc3ccccc3)cc2)cc1. The van der Waals surface area contributed by atoms with Gasteiger partial charge in [-0.1, -0.05) is 42.5 Å². The Bertz CT molecular complexity index is 828. The van der Waals surface area contributed by atoms with E-state index in [1.807, 2.05) is 66.7 Å². The van der Waals surface area contributed by atoms with E-state index in [1.165, 1.54) is 5.56 Å². The number of rotatable bonds is 7. The Hall–Kier alpha value is -3.27. The van der Waals surface area contributed by atoms with E-state index in [0.29, 0.717) is 6.42 Å². The number of carbonyl (C=O) groups is 1. The number of carbonyl (C=O) groups excluding carboxylic acids is 1. The zero-order valence-corrected chi connectivity index (χ0v) is 14.7. The molecule has 0 saturated heterocycles. The van der Waals surface area contributed by atoms with E-state index in [0.717, 1.165) is 29.2 Å². The molecule has 132 valence electrons. The molecule has 0 heterocycles. The normalized spacial score (nSPS) is 10.2. The van der Waals surface area contributed by atoms with Gasteiger partial charge in [0.25, 0.3) is 0 Å². The van der Waals surface area contributed by atoms with Gasteiger partial charge in [-0.25, -0.2) is 0 Å². The lowest BCUT2D eigenvalue weighted by Crippen LogP contribution is -2.14. The predicted octanol–water partition coefficient (Wildman–Crippen LogP) is 4.49. The maximum atomic E-state index is 12.2. The average molecular weight is 346 g/mol. The molecule has 3 aromatic carbocycles. The maximum absolute atomic E-state index is 12.2. The molecular formula is C22H22N2O2. The summed E-state index contributed by atoms with van der Waals surface area (Å²) in [4.78, 5) is 12.2. The summed E-state index contributed by atoms with van der Waals surface area (Å²) in [5.74, 6) is 0.743. The first-order chi connectivity index (χ1) is 12.7. The summed E-state index contributed by atoms with van der Waals surface area (Å²) in [5.41, 5.74) is 3.98. The molecule has 4 nitrogen and oxygen atoms in total. The monoisotopic (exact) mass is 346 g/mol. The molecule has 0 atom stereocenters. The van der Waals surface area contributed by atoms with E-state index in [1.54, 1.807) is 7.11 Å². The fraction of sp³-hybridized carbons (Fsp3) is 0.136. The summed E-state index contributed by atoms with van der Waals surface area (Å²) in [5, 5.41) is 6.29. The maximum Gasteiger partial charge on any atom is 0.228 e. The van der Waals surface area contributed by atoms with Crippen molar-refractivity contribution in [3.8, 4) is 5.75 Å². The molecular weight excluding hydrogens is 324 g/mol. The van der Waals surface area contributed by atoms with Crippen molar-refractivity contribution in [2.24, 2.45) is 0 Å². The van der Waals surface area contributed by atoms with Crippen LogP contribution in [0.5, 0.6) is 5.75 Å². The summed E-state index contributed by atoms with van der Waals surface area (Å²) >= 11 is 0. The Morgan fingerprint density at radius 2 is 1.46 bits per heavy atom. The standard InChI is InChI=1S/C22H22N2O2/c1-26-21-13-7-17(8-14-21)15-22(25)24-20-11-9-19(10-12-20)23-16-18-5-3-2-4-6-18/h2-14,23H,15-16H2,1H3,(H,24,25). The Labute approximate surface area is 153 Å². The molecule has 0 bridgehead atoms. The van der Waals surface area contributed by atoms with E-state index in [4.69, 9.17) is 4.74 Å². The van der Waals surface area contributed by atoms with Crippen molar-refractivity contribution in [1.29, 1.82) is 0 Å². The van der Waals surface area contributed by atoms with Crippen molar-refractivity contribution in [2.45, 2.75) is 13.0 Å². The highest BCUT2D eigenvalue weighted by atomic mass is 16.5. The summed E-state index contributed by atoms with van der Waals surface area (Å²) < 4.78 is 5.12. The van der Waals surface area contributed by atoms with Crippen molar-refractivity contribution in [2.75, 3.05) is 17.7 Å². The van der Waals surface area contributed by atoms with E-state index in [-0.39, 0.29) is 5.91 Å². The molecule has 0 fully saturated rings. The van der Waals surface area contributed by atoms with Crippen LogP contribution in [0.25, 0.3) is 0 Å². The zero-order chi connectivity index (χ0) is 18.2. The lowest BCUT2D eigenvalue weighted by Gasteiger charge is -2.09. The smallest absolute Gasteiger partial charge is 0.228 e. The van der Waals surface area contributed by atoms with Crippen molar-refractivity contribution in [3.63, 3.8) is 0 Å². The molecule has 0 spiro atoms. The third kappa shape index (κ3) is 5.11. The highest BCUT2D eigenvalue weighted by Gasteiger charge is 2.05. The van der Waals surface area contributed by atoms with Gasteiger partial charge in [-0.3, -0.25) is 4.79 Å². The Kier molecular flexibility index (Phi) is 5.88. The van der Waals surface area contributed by atoms with E-state index >= 15 is 0 Å². The highest BCUT2D eigenvalue weighted by Crippen LogP contribution is 2.16. The largest absolute Gasteiger partial charge is 0.497 e. The van der Waals surface area contributed by atoms with Crippen LogP contribution < -0.4 is 15.4 Å². The number of ether oxygens (including phenoxy) is 1. The van der Waals surface area contributed by atoms with Crippen LogP contribution >= 0.6 is 0 Å². The number of benzene rings is 3. The van der Waals surface area contributed by atoms with Crippen LogP contribution in [0.3, 0.4) is 0 Å². The van der Waals surface area contributed by atoms with E-state index in [9.17, 15) is 4.79 Å². The topological polar surface area (TPSA) is 50.4 Å². The number of methoxy groups -OCH3 is 1. The summed E-state index contributed by atoms with van der Waals surface area (Å²) in [6.45, 7) is 0.768. The summed E-state index contributed by atoms with van der Waals surface area (Å²) in [7, 11) is 1.63. The molecule has 4 heteroatoms. The third-order valence-electron chi connectivity index (χ3n) is 4.03. The lowest BCUT2D eigenvalue weighted by atomic mass is 10.1. The van der Waals surface area contributed by atoms with E-state index < -0.39 is 0 Å². The van der Waals surface area contributed by atoms with Crippen LogP contribution in [0.1, 0.15) is 11.1 Å². The zero-order valence-electron chi connectivity index (χ0n) is 14.7. The lowest BCUT2D eigenvalue weighted by molar-refractivity contribution is -0.115. The van der Waals surface area contributed by atoms with Crippen LogP contribution in [0, 0.1) is 0 Å². The van der Waals surface area contributed by atoms with Gasteiger partial charge in [-0.05, 0) is 47.5 Å². The first-order valence-corrected chi connectivity index (χ1v) is 8.53. The minimum absolute atomic E-state index is 0.0415. The molecule has 0 aromatic heterocycles. The van der Waals surface area contributed by atoms with Crippen LogP contribution in [0.15, 0.2) is 78.9 Å². The average Bonchev–Trinajstić information content (AvgIpc) is 2.69. The van der Waals surface area contributed by atoms with Gasteiger partial charge in [0.05, 0.1) is 13.5 Å². The first kappa shape index (κ1) is 17.5. The Morgan fingerprint density at radius 1 is 0.808 bits per heavy atom. The number of hydrogen-bond acceptors (Lipinski definition) is 3. The van der Waals surface area contributed by atoms with Crippen LogP contribution in [0.2, 0.25) is 0 Å². The molecule has 0 saturated carbocycles. The van der Waals surface area contributed by atoms with Crippen molar-refractivity contribution in [1.82, 2.24) is 0 Å². The van der Waals surface area contributed by atoms with Crippen LogP contribution in [-0.4, -0.2) is 13.0 Å². The predicted molar refractivity (Wildman–Crippen MR) is 106 cm³/mol. The fourth-order valence-corrected chi connectivity index (χ4v) is 2.61. The second-order valence-electron chi connectivity index (χ2n) is 5.99. The molecule has 0 aliphatic carbocycles. The molecule has 1 amide bonds. The van der Waals surface area contributed by atoms with Gasteiger partial charge >= 0.3 is 0 Å². The molecule has 3 rings (SSSR count). The Morgan fingerprint density at radius 3 is 2.12 bits per heavy atom.